The fourth-order valence-corrected chi connectivity index (χ4v) is 6.90. The van der Waals surface area contributed by atoms with Gasteiger partial charge in [-0.25, -0.2) is 14.5 Å². The highest BCUT2D eigenvalue weighted by atomic mass is 16.6. The summed E-state index contributed by atoms with van der Waals surface area (Å²) >= 11 is 0. The number of nitrogens with one attached hydrogen (secondary N) is 2. The maximum absolute atomic E-state index is 13.1. The molecule has 5 aromatic rings. The second-order valence-corrected chi connectivity index (χ2v) is 13.4. The molecule has 2 aromatic heterocycles. The summed E-state index contributed by atoms with van der Waals surface area (Å²) in [5, 5.41) is 17.3. The Balaban J connectivity index is 0.999. The largest absolute Gasteiger partial charge is 0.493 e. The second kappa shape index (κ2) is 16.8. The van der Waals surface area contributed by atoms with E-state index in [0.717, 1.165) is 0 Å². The average molecular weight is 788 g/mol. The minimum atomic E-state index is -0.765. The van der Waals surface area contributed by atoms with E-state index in [1.54, 1.807) is 43.4 Å². The summed E-state index contributed by atoms with van der Waals surface area (Å²) in [5.74, 6) is 2.04. The monoisotopic (exact) mass is 787 g/mol. The van der Waals surface area contributed by atoms with Gasteiger partial charge in [0.15, 0.2) is 11.5 Å². The number of methoxy groups -OCH3 is 1. The minimum Gasteiger partial charge on any atom is -0.493 e. The highest BCUT2D eigenvalue weighted by Gasteiger charge is 2.40. The van der Waals surface area contributed by atoms with Crippen molar-refractivity contribution in [3.05, 3.63) is 99.6 Å². The number of aromatic nitrogens is 4. The third-order valence-corrected chi connectivity index (χ3v) is 9.84. The smallest absolute Gasteiger partial charge is 0.434 e. The topological polar surface area (TPSA) is 213 Å². The van der Waals surface area contributed by atoms with Crippen LogP contribution in [0.25, 0.3) is 10.9 Å². The Morgan fingerprint density at radius 3 is 2.67 bits per heavy atom. The molecule has 2 aliphatic heterocycles. The van der Waals surface area contributed by atoms with Crippen molar-refractivity contribution in [2.45, 2.75) is 38.4 Å². The first-order valence-electron chi connectivity index (χ1n) is 18.1. The molecule has 1 unspecified atom stereocenters. The SMILES string of the molecule is C#Cc1cccc(N(Cc2cnc([N+](=O)[O-])n2C)c2ncnc3cc(OC)c(OCCOCCC(=O)Nc4cccc5c4CN(C4CCC(=O)NC4=O)C5=O)cc23)c1. The van der Waals surface area contributed by atoms with Gasteiger partial charge in [-0.1, -0.05) is 23.0 Å². The second-order valence-electron chi connectivity index (χ2n) is 13.4. The number of ether oxygens (including phenoxy) is 3. The van der Waals surface area contributed by atoms with E-state index in [-0.39, 0.29) is 75.8 Å². The number of piperidine rings is 1. The zero-order valence-corrected chi connectivity index (χ0v) is 31.5. The first kappa shape index (κ1) is 38.9. The molecule has 296 valence electrons. The van der Waals surface area contributed by atoms with Crippen molar-refractivity contribution in [2.75, 3.05) is 37.1 Å². The molecule has 3 aromatic carbocycles. The fourth-order valence-electron chi connectivity index (χ4n) is 6.90. The van der Waals surface area contributed by atoms with Crippen LogP contribution in [0.15, 0.2) is 67.1 Å². The molecule has 1 atom stereocenters. The highest BCUT2D eigenvalue weighted by molar-refractivity contribution is 6.07. The van der Waals surface area contributed by atoms with E-state index in [9.17, 15) is 29.3 Å². The molecular weight excluding hydrogens is 750 g/mol. The number of imide groups is 1. The van der Waals surface area contributed by atoms with Crippen molar-refractivity contribution < 1.29 is 38.3 Å². The number of amides is 4. The molecular formula is C40H37N9O9. The fraction of sp³-hybridized carbons (Fsp3) is 0.275. The third kappa shape index (κ3) is 7.97. The Kier molecular flexibility index (Phi) is 11.2. The highest BCUT2D eigenvalue weighted by Crippen LogP contribution is 2.38. The molecule has 2 N–H and O–H groups in total. The Labute approximate surface area is 331 Å². The van der Waals surface area contributed by atoms with Crippen LogP contribution in [0.5, 0.6) is 11.5 Å². The van der Waals surface area contributed by atoms with E-state index in [1.165, 1.54) is 29.1 Å². The van der Waals surface area contributed by atoms with E-state index < -0.39 is 16.9 Å². The Morgan fingerprint density at radius 1 is 1.09 bits per heavy atom. The molecule has 7 rings (SSSR count). The van der Waals surface area contributed by atoms with Crippen molar-refractivity contribution in [1.29, 1.82) is 0 Å². The number of carbonyl (C=O) groups excluding carboxylic acids is 4. The van der Waals surface area contributed by atoms with Crippen molar-refractivity contribution in [2.24, 2.45) is 7.05 Å². The lowest BCUT2D eigenvalue weighted by Crippen LogP contribution is -2.52. The normalized spacial score (nSPS) is 14.8. The van der Waals surface area contributed by atoms with Gasteiger partial charge in [-0.05, 0) is 47.7 Å². The molecule has 1 saturated heterocycles. The molecule has 4 amide bonds. The number of nitro groups is 1. The number of benzene rings is 3. The van der Waals surface area contributed by atoms with E-state index >= 15 is 0 Å². The number of imidazole rings is 1. The van der Waals surface area contributed by atoms with Crippen molar-refractivity contribution in [1.82, 2.24) is 29.7 Å². The first-order valence-corrected chi connectivity index (χ1v) is 18.1. The number of fused-ring (bicyclic) bond motifs is 2. The summed E-state index contributed by atoms with van der Waals surface area (Å²) < 4.78 is 18.8. The van der Waals surface area contributed by atoms with Gasteiger partial charge in [-0.15, -0.1) is 6.42 Å². The number of hydrogen-bond donors (Lipinski definition) is 2. The van der Waals surface area contributed by atoms with Crippen LogP contribution in [0.1, 0.15) is 46.4 Å². The van der Waals surface area contributed by atoms with Crippen LogP contribution >= 0.6 is 0 Å². The quantitative estimate of drug-likeness (QED) is 0.0509. The zero-order chi connectivity index (χ0) is 40.9. The lowest BCUT2D eigenvalue weighted by Gasteiger charge is -2.29. The van der Waals surface area contributed by atoms with Gasteiger partial charge in [0.1, 0.15) is 36.7 Å². The van der Waals surface area contributed by atoms with Crippen LogP contribution in [0.4, 0.5) is 23.1 Å². The van der Waals surface area contributed by atoms with Gasteiger partial charge in [-0.2, -0.15) is 0 Å². The minimum absolute atomic E-state index is 0.0188. The molecule has 0 aliphatic carbocycles. The van der Waals surface area contributed by atoms with Crippen molar-refractivity contribution >= 4 is 57.7 Å². The van der Waals surface area contributed by atoms with Crippen LogP contribution < -0.4 is 25.0 Å². The van der Waals surface area contributed by atoms with Crippen LogP contribution in [0, 0.1) is 22.5 Å². The summed E-state index contributed by atoms with van der Waals surface area (Å²) in [6.07, 6.45) is 8.96. The summed E-state index contributed by atoms with van der Waals surface area (Å²) in [6, 6.07) is 14.9. The summed E-state index contributed by atoms with van der Waals surface area (Å²) in [4.78, 5) is 77.4. The standard InChI is InChI=1S/C40H37N9O9/c1-4-24-7-5-8-25(17-24)47(21-26-20-41-40(46(26)2)49(54)55)37-28-18-34(33(56-3)19-31(28)42-23-43-37)58-16-15-57-14-13-36(51)44-30-10-6-9-27-29(30)22-48(39(27)53)32-11-12-35(50)45-38(32)52/h1,5-10,17-20,23,32H,11-16,21-22H2,2-3H3,(H,44,51)(H,45,50,52). The summed E-state index contributed by atoms with van der Waals surface area (Å²) in [7, 11) is 3.07. The number of nitrogens with zero attached hydrogens (tertiary/aromatic N) is 7. The van der Waals surface area contributed by atoms with Crippen LogP contribution in [0.2, 0.25) is 0 Å². The predicted molar refractivity (Wildman–Crippen MR) is 208 cm³/mol. The van der Waals surface area contributed by atoms with Crippen molar-refractivity contribution in [3.8, 4) is 23.8 Å². The molecule has 18 nitrogen and oxygen atoms in total. The maximum Gasteiger partial charge on any atom is 0.434 e. The Hall–Kier alpha value is -7.39. The summed E-state index contributed by atoms with van der Waals surface area (Å²) in [5.41, 5.74) is 3.84. The molecule has 0 bridgehead atoms. The lowest BCUT2D eigenvalue weighted by molar-refractivity contribution is -0.396. The lowest BCUT2D eigenvalue weighted by atomic mass is 10.0. The molecule has 1 fully saturated rings. The van der Waals surface area contributed by atoms with Gasteiger partial charge in [0.2, 0.25) is 17.7 Å². The number of hydrogen-bond acceptors (Lipinski definition) is 13. The number of anilines is 3. The van der Waals surface area contributed by atoms with Gasteiger partial charge >= 0.3 is 5.95 Å². The number of carbonyl (C=O) groups is 4. The van der Waals surface area contributed by atoms with Crippen LogP contribution in [0.3, 0.4) is 0 Å². The van der Waals surface area contributed by atoms with Gasteiger partial charge in [-0.3, -0.25) is 24.5 Å². The molecule has 58 heavy (non-hydrogen) atoms. The van der Waals surface area contributed by atoms with Crippen LogP contribution in [-0.4, -0.2) is 85.9 Å². The molecule has 0 spiro atoms. The Bertz CT molecular complexity index is 2500. The van der Waals surface area contributed by atoms with E-state index in [2.05, 4.69) is 31.5 Å². The molecule has 4 heterocycles. The number of rotatable bonds is 15. The zero-order valence-electron chi connectivity index (χ0n) is 31.5. The predicted octanol–water partition coefficient (Wildman–Crippen LogP) is 3.78. The van der Waals surface area contributed by atoms with Gasteiger partial charge in [0.25, 0.3) is 5.91 Å². The number of terminal acetylenes is 1. The molecule has 0 radical (unpaired) electrons. The molecule has 18 heteroatoms. The van der Waals surface area contributed by atoms with Crippen molar-refractivity contribution in [3.63, 3.8) is 0 Å². The molecule has 2 aliphatic rings. The Morgan fingerprint density at radius 2 is 1.91 bits per heavy atom. The first-order chi connectivity index (χ1) is 28.1. The maximum atomic E-state index is 13.1. The van der Waals surface area contributed by atoms with Crippen LogP contribution in [-0.2, 0) is 39.3 Å². The third-order valence-electron chi connectivity index (χ3n) is 9.84. The van der Waals surface area contributed by atoms with E-state index in [1.807, 2.05) is 23.1 Å². The van der Waals surface area contributed by atoms with Gasteiger partial charge < -0.3 is 39.4 Å². The van der Waals surface area contributed by atoms with E-state index in [0.29, 0.717) is 62.0 Å². The summed E-state index contributed by atoms with van der Waals surface area (Å²) in [6.45, 7) is 0.586. The van der Waals surface area contributed by atoms with Gasteiger partial charge in [0, 0.05) is 52.5 Å². The molecule has 0 saturated carbocycles. The van der Waals surface area contributed by atoms with Gasteiger partial charge in [0.05, 0.1) is 45.9 Å². The average Bonchev–Trinajstić information content (AvgIpc) is 3.76. The van der Waals surface area contributed by atoms with E-state index in [4.69, 9.17) is 20.6 Å².